The Bertz CT molecular complexity index is 1620. The quantitative estimate of drug-likeness (QED) is 0.397. The average molecular weight is 521 g/mol. The molecule has 1 atom stereocenters. The smallest absolute Gasteiger partial charge is 0.312 e. The number of carbonyl (C=O) groups excluding carboxylic acids is 2. The van der Waals surface area contributed by atoms with Crippen LogP contribution in [-0.2, 0) is 22.3 Å². The Balaban J connectivity index is 1.60. The first-order chi connectivity index (χ1) is 16.9. The molecule has 0 aliphatic rings. The number of nitrogens with one attached hydrogen (secondary N) is 2. The second kappa shape index (κ2) is 9.14. The highest BCUT2D eigenvalue weighted by atomic mass is 32.1. The molecule has 0 bridgehead atoms. The minimum Gasteiger partial charge on any atom is -0.312 e. The summed E-state index contributed by atoms with van der Waals surface area (Å²) in [4.78, 5) is 63.6. The summed E-state index contributed by atoms with van der Waals surface area (Å²) in [5, 5.41) is 4.22. The number of halogens is 3. The molecule has 4 aromatic rings. The Morgan fingerprint density at radius 3 is 2.64 bits per heavy atom. The number of amides is 1. The third kappa shape index (κ3) is 4.68. The van der Waals surface area contributed by atoms with Gasteiger partial charge in [0.05, 0.1) is 18.4 Å². The lowest BCUT2D eigenvalue weighted by Gasteiger charge is -2.13. The van der Waals surface area contributed by atoms with Crippen molar-refractivity contribution in [1.29, 1.82) is 0 Å². The summed E-state index contributed by atoms with van der Waals surface area (Å²) in [6, 6.07) is -0.0535. The first kappa shape index (κ1) is 25.0. The highest BCUT2D eigenvalue weighted by molar-refractivity contribution is 7.13. The second-order valence-corrected chi connectivity index (χ2v) is 8.79. The number of rotatable bonds is 6. The number of anilines is 1. The standard InChI is InChI=1S/C21H18F3N7O4S/c1-9(32)6-30-19(34)15-16(29-20(30)35)26-8-31(15)11(3)17(33)27-14-7-36-18(28-14)12-4-13(21(22,23)24)10(2)25-5-12/h4-5,7-8,11H,6H2,1-3H3,(H,27,33)(H,29,35)/t11-/m0/s1. The number of hydrogen-bond acceptors (Lipinski definition) is 8. The first-order valence-electron chi connectivity index (χ1n) is 10.4. The van der Waals surface area contributed by atoms with Crippen LogP contribution in [0.2, 0.25) is 0 Å². The largest absolute Gasteiger partial charge is 0.418 e. The van der Waals surface area contributed by atoms with E-state index in [4.69, 9.17) is 0 Å². The van der Waals surface area contributed by atoms with Crippen LogP contribution in [0.15, 0.2) is 33.6 Å². The van der Waals surface area contributed by atoms with Gasteiger partial charge in [0.15, 0.2) is 11.2 Å². The van der Waals surface area contributed by atoms with Crippen molar-refractivity contribution in [2.24, 2.45) is 0 Å². The van der Waals surface area contributed by atoms with Crippen molar-refractivity contribution in [2.75, 3.05) is 5.32 Å². The Hall–Kier alpha value is -4.14. The fourth-order valence-electron chi connectivity index (χ4n) is 3.47. The summed E-state index contributed by atoms with van der Waals surface area (Å²) in [5.74, 6) is -0.926. The van der Waals surface area contributed by atoms with E-state index in [1.807, 2.05) is 0 Å². The van der Waals surface area contributed by atoms with Gasteiger partial charge < -0.3 is 9.88 Å². The van der Waals surface area contributed by atoms with Crippen LogP contribution in [-0.4, -0.2) is 40.8 Å². The Labute approximate surface area is 203 Å². The van der Waals surface area contributed by atoms with E-state index >= 15 is 0 Å². The van der Waals surface area contributed by atoms with Gasteiger partial charge in [-0.3, -0.25) is 28.9 Å². The molecule has 0 saturated heterocycles. The fourth-order valence-corrected chi connectivity index (χ4v) is 4.20. The van der Waals surface area contributed by atoms with Gasteiger partial charge >= 0.3 is 11.9 Å². The molecule has 0 radical (unpaired) electrons. The number of thiazole rings is 1. The Morgan fingerprint density at radius 2 is 1.97 bits per heavy atom. The lowest BCUT2D eigenvalue weighted by Crippen LogP contribution is -2.38. The fraction of sp³-hybridized carbons (Fsp3) is 0.286. The third-order valence-corrected chi connectivity index (χ3v) is 6.18. The van der Waals surface area contributed by atoms with Gasteiger partial charge in [0, 0.05) is 22.8 Å². The number of Topliss-reactive ketones (excluding diaryl/α,β-unsaturated/α-hetero) is 1. The molecule has 1 amide bonds. The van der Waals surface area contributed by atoms with E-state index < -0.39 is 47.3 Å². The molecule has 4 aromatic heterocycles. The van der Waals surface area contributed by atoms with Gasteiger partial charge in [-0.15, -0.1) is 11.3 Å². The van der Waals surface area contributed by atoms with Gasteiger partial charge in [-0.1, -0.05) is 0 Å². The maximum Gasteiger partial charge on any atom is 0.418 e. The van der Waals surface area contributed by atoms with Crippen molar-refractivity contribution in [3.05, 3.63) is 56.1 Å². The van der Waals surface area contributed by atoms with Crippen molar-refractivity contribution in [2.45, 2.75) is 39.5 Å². The highest BCUT2D eigenvalue weighted by Crippen LogP contribution is 2.35. The zero-order chi connectivity index (χ0) is 26.4. The molecule has 188 valence electrons. The van der Waals surface area contributed by atoms with E-state index in [0.29, 0.717) is 4.57 Å². The third-order valence-electron chi connectivity index (χ3n) is 5.28. The van der Waals surface area contributed by atoms with Gasteiger partial charge in [-0.05, 0) is 26.8 Å². The predicted octanol–water partition coefficient (Wildman–Crippen LogP) is 2.52. The molecule has 0 spiro atoms. The van der Waals surface area contributed by atoms with E-state index in [0.717, 1.165) is 17.4 Å². The van der Waals surface area contributed by atoms with Crippen molar-refractivity contribution in [3.63, 3.8) is 0 Å². The van der Waals surface area contributed by atoms with Crippen LogP contribution in [0.1, 0.15) is 31.1 Å². The number of H-pyrrole nitrogens is 1. The van der Waals surface area contributed by atoms with Gasteiger partial charge in [-0.25, -0.2) is 14.8 Å². The monoisotopic (exact) mass is 521 g/mol. The number of pyridine rings is 1. The van der Waals surface area contributed by atoms with Crippen LogP contribution in [0, 0.1) is 6.92 Å². The molecule has 0 aliphatic carbocycles. The maximum atomic E-state index is 13.2. The van der Waals surface area contributed by atoms with E-state index in [2.05, 4.69) is 25.3 Å². The number of nitrogens with zero attached hydrogens (tertiary/aromatic N) is 5. The molecule has 11 nitrogen and oxygen atoms in total. The molecule has 4 heterocycles. The van der Waals surface area contributed by atoms with Gasteiger partial charge in [-0.2, -0.15) is 13.2 Å². The molecule has 15 heteroatoms. The van der Waals surface area contributed by atoms with Crippen LogP contribution >= 0.6 is 11.3 Å². The summed E-state index contributed by atoms with van der Waals surface area (Å²) in [6.07, 6.45) is -2.10. The molecule has 0 aliphatic heterocycles. The average Bonchev–Trinajstić information content (AvgIpc) is 3.42. The molecule has 0 fully saturated rings. The van der Waals surface area contributed by atoms with Gasteiger partial charge in [0.25, 0.3) is 5.56 Å². The second-order valence-electron chi connectivity index (χ2n) is 7.93. The molecule has 2 N–H and O–H groups in total. The van der Waals surface area contributed by atoms with Crippen molar-refractivity contribution in [1.82, 2.24) is 29.1 Å². The van der Waals surface area contributed by atoms with Crippen LogP contribution in [0.4, 0.5) is 19.0 Å². The number of fused-ring (bicyclic) bond motifs is 1. The lowest BCUT2D eigenvalue weighted by molar-refractivity contribution is -0.138. The summed E-state index contributed by atoms with van der Waals surface area (Å²) in [6.45, 7) is 3.51. The first-order valence-corrected chi connectivity index (χ1v) is 11.2. The molecular weight excluding hydrogens is 503 g/mol. The minimum atomic E-state index is -4.57. The summed E-state index contributed by atoms with van der Waals surface area (Å²) in [7, 11) is 0. The van der Waals surface area contributed by atoms with Crippen LogP contribution in [0.3, 0.4) is 0 Å². The predicted molar refractivity (Wildman–Crippen MR) is 124 cm³/mol. The Kier molecular flexibility index (Phi) is 6.34. The number of hydrogen-bond donors (Lipinski definition) is 2. The molecule has 0 unspecified atom stereocenters. The summed E-state index contributed by atoms with van der Waals surface area (Å²) >= 11 is 1.02. The lowest BCUT2D eigenvalue weighted by atomic mass is 10.1. The zero-order valence-electron chi connectivity index (χ0n) is 19.0. The number of aromatic amines is 1. The summed E-state index contributed by atoms with van der Waals surface area (Å²) < 4.78 is 41.6. The van der Waals surface area contributed by atoms with Crippen molar-refractivity contribution >= 4 is 40.0 Å². The topological polar surface area (TPSA) is 145 Å². The van der Waals surface area contributed by atoms with E-state index in [9.17, 15) is 32.3 Å². The number of aromatic nitrogens is 6. The molecule has 0 saturated carbocycles. The van der Waals surface area contributed by atoms with E-state index in [-0.39, 0.29) is 33.2 Å². The Morgan fingerprint density at radius 1 is 1.25 bits per heavy atom. The van der Waals surface area contributed by atoms with Gasteiger partial charge in [0.2, 0.25) is 5.91 Å². The van der Waals surface area contributed by atoms with Crippen LogP contribution in [0.5, 0.6) is 0 Å². The number of carbonyl (C=O) groups is 2. The molecule has 36 heavy (non-hydrogen) atoms. The number of imidazole rings is 1. The normalized spacial score (nSPS) is 12.6. The van der Waals surface area contributed by atoms with Crippen LogP contribution in [0.25, 0.3) is 21.7 Å². The van der Waals surface area contributed by atoms with Crippen molar-refractivity contribution < 1.29 is 22.8 Å². The van der Waals surface area contributed by atoms with Crippen molar-refractivity contribution in [3.8, 4) is 10.6 Å². The summed E-state index contributed by atoms with van der Waals surface area (Å²) in [5.41, 5.74) is -2.63. The van der Waals surface area contributed by atoms with Gasteiger partial charge in [0.1, 0.15) is 22.7 Å². The number of ketones is 1. The molecule has 0 aromatic carbocycles. The zero-order valence-corrected chi connectivity index (χ0v) is 19.8. The molecule has 4 rings (SSSR count). The van der Waals surface area contributed by atoms with Crippen LogP contribution < -0.4 is 16.6 Å². The number of aryl methyl sites for hydroxylation is 1. The van der Waals surface area contributed by atoms with E-state index in [1.54, 1.807) is 0 Å². The minimum absolute atomic E-state index is 0.0484. The SMILES string of the molecule is CC(=O)Cn1c(=O)[nH]c2ncn([C@@H](C)C(=O)Nc3csc(-c4cnc(C)c(C(F)(F)F)c4)n3)c2c1=O. The maximum absolute atomic E-state index is 13.2. The van der Waals surface area contributed by atoms with E-state index in [1.165, 1.54) is 43.2 Å². The molecular formula is C21H18F3N7O4S. The number of alkyl halides is 3. The highest BCUT2D eigenvalue weighted by Gasteiger charge is 2.33.